The van der Waals surface area contributed by atoms with E-state index in [0.717, 1.165) is 12.8 Å². The number of benzene rings is 2. The number of methoxy groups -OCH3 is 1. The number of nitrogens with zero attached hydrogens (tertiary/aromatic N) is 1. The van der Waals surface area contributed by atoms with Gasteiger partial charge in [0.05, 0.1) is 6.10 Å². The van der Waals surface area contributed by atoms with Gasteiger partial charge in [-0.1, -0.05) is 101 Å². The van der Waals surface area contributed by atoms with Crippen molar-refractivity contribution in [3.05, 3.63) is 60.7 Å². The Kier molecular flexibility index (Phi) is 12.3. The van der Waals surface area contributed by atoms with Gasteiger partial charge in [0, 0.05) is 24.5 Å². The molecule has 0 radical (unpaired) electrons. The third-order valence-electron chi connectivity index (χ3n) is 6.08. The summed E-state index contributed by atoms with van der Waals surface area (Å²) in [5, 5.41) is 0. The predicted molar refractivity (Wildman–Crippen MR) is 132 cm³/mol. The number of para-hydroxylation sites is 2. The molecule has 0 aliphatic heterocycles. The van der Waals surface area contributed by atoms with Gasteiger partial charge in [-0.3, -0.25) is 0 Å². The third kappa shape index (κ3) is 8.92. The molecule has 166 valence electrons. The Morgan fingerprint density at radius 1 is 0.700 bits per heavy atom. The molecule has 0 spiro atoms. The second-order valence-electron chi connectivity index (χ2n) is 8.60. The van der Waals surface area contributed by atoms with E-state index in [-0.39, 0.29) is 0 Å². The highest BCUT2D eigenvalue weighted by Gasteiger charge is 2.20. The maximum Gasteiger partial charge on any atom is 0.0591 e. The topological polar surface area (TPSA) is 12.5 Å². The summed E-state index contributed by atoms with van der Waals surface area (Å²) in [5.74, 6) is 0. The molecule has 2 heteroatoms. The van der Waals surface area contributed by atoms with Crippen molar-refractivity contribution in [1.82, 2.24) is 0 Å². The first-order valence-corrected chi connectivity index (χ1v) is 12.2. The van der Waals surface area contributed by atoms with Gasteiger partial charge in [-0.25, -0.2) is 0 Å². The van der Waals surface area contributed by atoms with Crippen molar-refractivity contribution in [2.24, 2.45) is 0 Å². The minimum Gasteiger partial charge on any atom is -0.381 e. The lowest BCUT2D eigenvalue weighted by atomic mass is 10.0. The van der Waals surface area contributed by atoms with Crippen LogP contribution in [0.25, 0.3) is 0 Å². The zero-order valence-electron chi connectivity index (χ0n) is 19.6. The van der Waals surface area contributed by atoms with Crippen LogP contribution in [0.15, 0.2) is 60.7 Å². The molecule has 0 saturated heterocycles. The van der Waals surface area contributed by atoms with E-state index in [1.54, 1.807) is 0 Å². The fourth-order valence-electron chi connectivity index (χ4n) is 4.34. The molecule has 0 amide bonds. The predicted octanol–water partition coefficient (Wildman–Crippen LogP) is 8.54. The van der Waals surface area contributed by atoms with Crippen LogP contribution in [-0.2, 0) is 4.74 Å². The molecule has 2 aromatic rings. The highest BCUT2D eigenvalue weighted by Crippen LogP contribution is 2.30. The van der Waals surface area contributed by atoms with Crippen molar-refractivity contribution >= 4 is 11.4 Å². The fourth-order valence-corrected chi connectivity index (χ4v) is 4.34. The van der Waals surface area contributed by atoms with Crippen molar-refractivity contribution in [1.29, 1.82) is 0 Å². The maximum absolute atomic E-state index is 5.89. The molecule has 2 atom stereocenters. The van der Waals surface area contributed by atoms with E-state index in [9.17, 15) is 0 Å². The molecule has 0 bridgehead atoms. The fraction of sp³-hybridized carbons (Fsp3) is 0.571. The van der Waals surface area contributed by atoms with E-state index in [1.807, 2.05) is 7.11 Å². The van der Waals surface area contributed by atoms with Crippen LogP contribution in [-0.4, -0.2) is 19.3 Å². The molecule has 0 N–H and O–H groups in total. The molecule has 0 aliphatic carbocycles. The summed E-state index contributed by atoms with van der Waals surface area (Å²) in [5.41, 5.74) is 2.49. The minimum atomic E-state index is 0.319. The molecule has 0 aromatic heterocycles. The van der Waals surface area contributed by atoms with Crippen molar-refractivity contribution in [3.63, 3.8) is 0 Å². The van der Waals surface area contributed by atoms with E-state index >= 15 is 0 Å². The molecule has 0 aliphatic rings. The Morgan fingerprint density at radius 3 is 1.63 bits per heavy atom. The Bertz CT molecular complexity index is 603. The average molecular weight is 410 g/mol. The summed E-state index contributed by atoms with van der Waals surface area (Å²) in [6.45, 7) is 4.61. The number of unbranched alkanes of at least 4 members (excludes halogenated alkanes) is 8. The van der Waals surface area contributed by atoms with Crippen LogP contribution in [0.1, 0.15) is 84.5 Å². The van der Waals surface area contributed by atoms with Gasteiger partial charge in [-0.15, -0.1) is 0 Å². The van der Waals surface area contributed by atoms with E-state index in [0.29, 0.717) is 12.1 Å². The normalized spacial score (nSPS) is 13.2. The van der Waals surface area contributed by atoms with Crippen LogP contribution >= 0.6 is 0 Å². The number of rotatable bonds is 16. The molecule has 30 heavy (non-hydrogen) atoms. The lowest BCUT2D eigenvalue weighted by Crippen LogP contribution is -2.32. The van der Waals surface area contributed by atoms with Gasteiger partial charge in [0.1, 0.15) is 0 Å². The molecule has 0 heterocycles. The molecular formula is C28H43NO. The van der Waals surface area contributed by atoms with Gasteiger partial charge in [0.25, 0.3) is 0 Å². The van der Waals surface area contributed by atoms with Crippen LogP contribution < -0.4 is 4.90 Å². The Labute approximate surface area is 185 Å². The number of ether oxygens (including phenoxy) is 1. The van der Waals surface area contributed by atoms with Crippen LogP contribution in [0.4, 0.5) is 11.4 Å². The Hall–Kier alpha value is -1.80. The summed E-state index contributed by atoms with van der Waals surface area (Å²) in [4.78, 5) is 2.45. The lowest BCUT2D eigenvalue weighted by Gasteiger charge is -2.33. The van der Waals surface area contributed by atoms with E-state index in [1.165, 1.54) is 69.2 Å². The molecule has 0 fully saturated rings. The van der Waals surface area contributed by atoms with Gasteiger partial charge in [-0.2, -0.15) is 0 Å². The van der Waals surface area contributed by atoms with Crippen LogP contribution in [0.5, 0.6) is 0 Å². The second-order valence-corrected chi connectivity index (χ2v) is 8.60. The third-order valence-corrected chi connectivity index (χ3v) is 6.08. The summed E-state index contributed by atoms with van der Waals surface area (Å²) < 4.78 is 5.89. The van der Waals surface area contributed by atoms with Gasteiger partial charge >= 0.3 is 0 Å². The zero-order valence-corrected chi connectivity index (χ0v) is 19.6. The van der Waals surface area contributed by atoms with Crippen LogP contribution in [0, 0.1) is 0 Å². The average Bonchev–Trinajstić information content (AvgIpc) is 2.78. The van der Waals surface area contributed by atoms with Crippen molar-refractivity contribution in [2.45, 2.75) is 96.6 Å². The first kappa shape index (κ1) is 24.5. The van der Waals surface area contributed by atoms with Gasteiger partial charge in [0.2, 0.25) is 0 Å². The lowest BCUT2D eigenvalue weighted by molar-refractivity contribution is 0.0811. The largest absolute Gasteiger partial charge is 0.381 e. The van der Waals surface area contributed by atoms with Gasteiger partial charge in [-0.05, 0) is 44.0 Å². The summed E-state index contributed by atoms with van der Waals surface area (Å²) in [6, 6.07) is 21.8. The molecule has 2 nitrogen and oxygen atoms in total. The second kappa shape index (κ2) is 15.1. The van der Waals surface area contributed by atoms with Crippen molar-refractivity contribution < 1.29 is 4.74 Å². The number of hydrogen-bond donors (Lipinski definition) is 0. The first-order valence-electron chi connectivity index (χ1n) is 12.2. The SMILES string of the molecule is CCCCCCCCCCCC(CC(C)N(c1ccccc1)c1ccccc1)OC. The molecule has 2 unspecified atom stereocenters. The highest BCUT2D eigenvalue weighted by atomic mass is 16.5. The smallest absolute Gasteiger partial charge is 0.0591 e. The molecule has 2 rings (SSSR count). The van der Waals surface area contributed by atoms with E-state index < -0.39 is 0 Å². The van der Waals surface area contributed by atoms with Gasteiger partial charge in [0.15, 0.2) is 0 Å². The quantitative estimate of drug-likeness (QED) is 0.257. The summed E-state index contributed by atoms with van der Waals surface area (Å²) in [7, 11) is 1.88. The first-order chi connectivity index (χ1) is 14.8. The standard InChI is InChI=1S/C28H43NO/c1-4-5-6-7-8-9-10-11-18-23-28(30-3)24-25(2)29(26-19-14-12-15-20-26)27-21-16-13-17-22-27/h12-17,19-22,25,28H,4-11,18,23-24H2,1-3H3. The van der Waals surface area contributed by atoms with Gasteiger partial charge < -0.3 is 9.64 Å². The van der Waals surface area contributed by atoms with Crippen LogP contribution in [0.2, 0.25) is 0 Å². The Balaban J connectivity index is 1.81. The number of anilines is 2. The van der Waals surface area contributed by atoms with E-state index in [4.69, 9.17) is 4.74 Å². The Morgan fingerprint density at radius 2 is 1.17 bits per heavy atom. The van der Waals surface area contributed by atoms with E-state index in [2.05, 4.69) is 79.4 Å². The van der Waals surface area contributed by atoms with Crippen molar-refractivity contribution in [2.75, 3.05) is 12.0 Å². The minimum absolute atomic E-state index is 0.319. The zero-order chi connectivity index (χ0) is 21.4. The van der Waals surface area contributed by atoms with Crippen LogP contribution in [0.3, 0.4) is 0 Å². The molecular weight excluding hydrogens is 366 g/mol. The van der Waals surface area contributed by atoms with Crippen molar-refractivity contribution in [3.8, 4) is 0 Å². The molecule has 2 aromatic carbocycles. The monoisotopic (exact) mass is 409 g/mol. The highest BCUT2D eigenvalue weighted by molar-refractivity contribution is 5.63. The summed E-state index contributed by atoms with van der Waals surface area (Å²) in [6.07, 6.45) is 14.9. The number of hydrogen-bond acceptors (Lipinski definition) is 2. The maximum atomic E-state index is 5.89. The molecule has 0 saturated carbocycles. The summed E-state index contributed by atoms with van der Waals surface area (Å²) >= 11 is 0.